The fourth-order valence-electron chi connectivity index (χ4n) is 0.626. The second-order valence-electron chi connectivity index (χ2n) is 2.82. The van der Waals surface area contributed by atoms with Gasteiger partial charge in [-0.2, -0.15) is 0 Å². The molecule has 0 fully saturated rings. The fraction of sp³-hybridized carbons (Fsp3) is 0.857. The van der Waals surface area contributed by atoms with Crippen LogP contribution in [0.4, 0.5) is 4.79 Å². The molecule has 4 nitrogen and oxygen atoms in total. The molecule has 0 saturated carbocycles. The summed E-state index contributed by atoms with van der Waals surface area (Å²) >= 11 is 0. The maximum atomic E-state index is 11.2. The molecule has 4 heteroatoms. The summed E-state index contributed by atoms with van der Waals surface area (Å²) < 4.78 is 0. The van der Waals surface area contributed by atoms with E-state index in [0.717, 1.165) is 0 Å². The molecule has 0 aliphatic heterocycles. The SMILES string of the molecule is C[C@@H](CO)N(C)C(=O)N(C)C. The number of urea groups is 1. The second kappa shape index (κ2) is 4.18. The van der Waals surface area contributed by atoms with Crippen LogP contribution in [0.2, 0.25) is 0 Å². The molecule has 0 spiro atoms. The summed E-state index contributed by atoms with van der Waals surface area (Å²) in [5, 5.41) is 8.72. The Bertz CT molecular complexity index is 136. The number of likely N-dealkylation sites (N-methyl/N-ethyl adjacent to an activating group) is 1. The molecule has 0 heterocycles. The molecule has 11 heavy (non-hydrogen) atoms. The van der Waals surface area contributed by atoms with Crippen molar-refractivity contribution in [3.8, 4) is 0 Å². The zero-order valence-electron chi connectivity index (χ0n) is 7.53. The van der Waals surface area contributed by atoms with Crippen LogP contribution in [0.25, 0.3) is 0 Å². The van der Waals surface area contributed by atoms with Gasteiger partial charge in [0, 0.05) is 21.1 Å². The number of aliphatic hydroxyl groups is 1. The van der Waals surface area contributed by atoms with Gasteiger partial charge in [0.15, 0.2) is 0 Å². The maximum Gasteiger partial charge on any atom is 0.319 e. The summed E-state index contributed by atoms with van der Waals surface area (Å²) in [6.07, 6.45) is 0. The third kappa shape index (κ3) is 2.76. The number of nitrogens with zero attached hydrogens (tertiary/aromatic N) is 2. The van der Waals surface area contributed by atoms with Crippen molar-refractivity contribution < 1.29 is 9.90 Å². The van der Waals surface area contributed by atoms with Crippen molar-refractivity contribution in [1.82, 2.24) is 9.80 Å². The van der Waals surface area contributed by atoms with Gasteiger partial charge in [0.05, 0.1) is 12.6 Å². The van der Waals surface area contributed by atoms with Crippen molar-refractivity contribution in [2.45, 2.75) is 13.0 Å². The first-order chi connectivity index (χ1) is 5.00. The normalized spacial score (nSPS) is 12.5. The van der Waals surface area contributed by atoms with Gasteiger partial charge < -0.3 is 14.9 Å². The smallest absolute Gasteiger partial charge is 0.319 e. The van der Waals surface area contributed by atoms with Crippen LogP contribution < -0.4 is 0 Å². The highest BCUT2D eigenvalue weighted by Gasteiger charge is 2.15. The lowest BCUT2D eigenvalue weighted by atomic mass is 10.3. The van der Waals surface area contributed by atoms with Gasteiger partial charge in [-0.1, -0.05) is 0 Å². The van der Waals surface area contributed by atoms with Crippen LogP contribution in [-0.2, 0) is 0 Å². The van der Waals surface area contributed by atoms with E-state index in [9.17, 15) is 4.79 Å². The quantitative estimate of drug-likeness (QED) is 0.617. The van der Waals surface area contributed by atoms with Crippen LogP contribution in [0.5, 0.6) is 0 Å². The number of aliphatic hydroxyl groups excluding tert-OH is 1. The molecule has 0 aromatic carbocycles. The van der Waals surface area contributed by atoms with Crippen LogP contribution in [0.3, 0.4) is 0 Å². The van der Waals surface area contributed by atoms with Crippen molar-refractivity contribution >= 4 is 6.03 Å². The van der Waals surface area contributed by atoms with Gasteiger partial charge in [0.25, 0.3) is 0 Å². The average molecular weight is 160 g/mol. The number of carbonyl (C=O) groups is 1. The third-order valence-corrected chi connectivity index (χ3v) is 1.61. The van der Waals surface area contributed by atoms with E-state index in [1.807, 2.05) is 0 Å². The molecule has 0 rings (SSSR count). The van der Waals surface area contributed by atoms with Crippen molar-refractivity contribution in [2.75, 3.05) is 27.7 Å². The molecule has 66 valence electrons. The van der Waals surface area contributed by atoms with Gasteiger partial charge in [-0.3, -0.25) is 0 Å². The van der Waals surface area contributed by atoms with Crippen LogP contribution in [0, 0.1) is 0 Å². The molecule has 0 radical (unpaired) electrons. The zero-order chi connectivity index (χ0) is 9.02. The van der Waals surface area contributed by atoms with Gasteiger partial charge in [0.1, 0.15) is 0 Å². The Morgan fingerprint density at radius 2 is 1.91 bits per heavy atom. The molecule has 0 aliphatic carbocycles. The monoisotopic (exact) mass is 160 g/mol. The minimum absolute atomic E-state index is 0.00389. The Morgan fingerprint density at radius 3 is 2.18 bits per heavy atom. The summed E-state index contributed by atoms with van der Waals surface area (Å²) in [4.78, 5) is 14.2. The minimum atomic E-state index is -0.120. The summed E-state index contributed by atoms with van der Waals surface area (Å²) in [5.41, 5.74) is 0. The van der Waals surface area contributed by atoms with E-state index in [0.29, 0.717) is 0 Å². The summed E-state index contributed by atoms with van der Waals surface area (Å²) in [6, 6.07) is -0.212. The van der Waals surface area contributed by atoms with E-state index >= 15 is 0 Å². The minimum Gasteiger partial charge on any atom is -0.394 e. The first-order valence-electron chi connectivity index (χ1n) is 3.55. The number of hydrogen-bond acceptors (Lipinski definition) is 2. The highest BCUT2D eigenvalue weighted by atomic mass is 16.3. The summed E-state index contributed by atoms with van der Waals surface area (Å²) in [7, 11) is 5.04. The first-order valence-corrected chi connectivity index (χ1v) is 3.55. The van der Waals surface area contributed by atoms with Gasteiger partial charge in [-0.15, -0.1) is 0 Å². The third-order valence-electron chi connectivity index (χ3n) is 1.61. The van der Waals surface area contributed by atoms with Gasteiger partial charge in [0.2, 0.25) is 0 Å². The van der Waals surface area contributed by atoms with E-state index < -0.39 is 0 Å². The molecule has 0 saturated heterocycles. The number of hydrogen-bond donors (Lipinski definition) is 1. The molecule has 0 aromatic heterocycles. The lowest BCUT2D eigenvalue weighted by molar-refractivity contribution is 0.139. The summed E-state index contributed by atoms with van der Waals surface area (Å²) in [6.45, 7) is 1.79. The Morgan fingerprint density at radius 1 is 1.45 bits per heavy atom. The lowest BCUT2D eigenvalue weighted by Crippen LogP contribution is -2.43. The standard InChI is InChI=1S/C7H16N2O2/c1-6(5-10)9(4)7(11)8(2)3/h6,10H,5H2,1-4H3/t6-/m0/s1. The zero-order valence-corrected chi connectivity index (χ0v) is 7.53. The average Bonchev–Trinajstić information content (AvgIpc) is 2.00. The molecule has 2 amide bonds. The Labute approximate surface area is 67.4 Å². The van der Waals surface area contributed by atoms with Crippen molar-refractivity contribution in [2.24, 2.45) is 0 Å². The maximum absolute atomic E-state index is 11.2. The van der Waals surface area contributed by atoms with Crippen molar-refractivity contribution in [3.05, 3.63) is 0 Å². The number of carbonyl (C=O) groups excluding carboxylic acids is 1. The fourth-order valence-corrected chi connectivity index (χ4v) is 0.626. The molecule has 0 bridgehead atoms. The number of amides is 2. The van der Waals surface area contributed by atoms with Gasteiger partial charge in [-0.05, 0) is 6.92 Å². The van der Waals surface area contributed by atoms with E-state index in [2.05, 4.69) is 0 Å². The molecular formula is C7H16N2O2. The van der Waals surface area contributed by atoms with E-state index in [4.69, 9.17) is 5.11 Å². The van der Waals surface area contributed by atoms with E-state index in [1.54, 1.807) is 28.1 Å². The van der Waals surface area contributed by atoms with Gasteiger partial charge >= 0.3 is 6.03 Å². The molecular weight excluding hydrogens is 144 g/mol. The highest BCUT2D eigenvalue weighted by Crippen LogP contribution is 1.97. The molecule has 0 aliphatic rings. The van der Waals surface area contributed by atoms with Gasteiger partial charge in [-0.25, -0.2) is 4.79 Å². The van der Waals surface area contributed by atoms with Crippen LogP contribution in [0.1, 0.15) is 6.92 Å². The Balaban J connectivity index is 4.02. The molecule has 1 N–H and O–H groups in total. The first kappa shape index (κ1) is 10.2. The van der Waals surface area contributed by atoms with Crippen molar-refractivity contribution in [1.29, 1.82) is 0 Å². The van der Waals surface area contributed by atoms with Crippen molar-refractivity contribution in [3.63, 3.8) is 0 Å². The predicted molar refractivity (Wildman–Crippen MR) is 43.4 cm³/mol. The van der Waals surface area contributed by atoms with E-state index in [1.165, 1.54) is 9.80 Å². The lowest BCUT2D eigenvalue weighted by Gasteiger charge is -2.26. The van der Waals surface area contributed by atoms with E-state index in [-0.39, 0.29) is 18.7 Å². The Hall–Kier alpha value is -0.770. The van der Waals surface area contributed by atoms with Crippen LogP contribution >= 0.6 is 0 Å². The molecule has 0 unspecified atom stereocenters. The highest BCUT2D eigenvalue weighted by molar-refractivity contribution is 5.73. The number of rotatable bonds is 2. The topological polar surface area (TPSA) is 43.8 Å². The molecule has 1 atom stereocenters. The van der Waals surface area contributed by atoms with Crippen LogP contribution in [0.15, 0.2) is 0 Å². The predicted octanol–water partition coefficient (Wildman–Crippen LogP) is -0.0194. The molecule has 0 aromatic rings. The van der Waals surface area contributed by atoms with Crippen LogP contribution in [-0.4, -0.2) is 54.7 Å². The second-order valence-corrected chi connectivity index (χ2v) is 2.82. The Kier molecular flexibility index (Phi) is 3.89. The summed E-state index contributed by atoms with van der Waals surface area (Å²) in [5.74, 6) is 0. The largest absolute Gasteiger partial charge is 0.394 e.